The third-order valence-corrected chi connectivity index (χ3v) is 7.47. The molecule has 2 aliphatic rings. The number of rotatable bonds is 6. The van der Waals surface area contributed by atoms with Gasteiger partial charge in [0.05, 0.1) is 12.2 Å². The summed E-state index contributed by atoms with van der Waals surface area (Å²) in [5.74, 6) is -0.785. The van der Waals surface area contributed by atoms with E-state index in [2.05, 4.69) is 10.6 Å². The van der Waals surface area contributed by atoms with E-state index in [1.165, 1.54) is 31.3 Å². The summed E-state index contributed by atoms with van der Waals surface area (Å²) in [6, 6.07) is 19.6. The fraction of sp³-hybridized carbons (Fsp3) is 0.241. The lowest BCUT2D eigenvalue weighted by Gasteiger charge is -2.35. The summed E-state index contributed by atoms with van der Waals surface area (Å²) in [6.45, 7) is 0.430. The molecule has 40 heavy (non-hydrogen) atoms. The minimum Gasteiger partial charge on any atom is -0.465 e. The highest BCUT2D eigenvalue weighted by Gasteiger charge is 2.49. The van der Waals surface area contributed by atoms with Crippen molar-refractivity contribution in [2.45, 2.75) is 24.5 Å². The number of hydrogen-bond donors (Lipinski definition) is 3. The molecule has 2 heterocycles. The van der Waals surface area contributed by atoms with E-state index < -0.39 is 29.7 Å². The number of amides is 4. The van der Waals surface area contributed by atoms with Crippen molar-refractivity contribution in [1.29, 1.82) is 0 Å². The van der Waals surface area contributed by atoms with Crippen molar-refractivity contribution in [2.75, 3.05) is 30.4 Å². The molecule has 0 aliphatic carbocycles. The van der Waals surface area contributed by atoms with Crippen LogP contribution >= 0.6 is 11.6 Å². The average molecular weight is 563 g/mol. The van der Waals surface area contributed by atoms with Crippen LogP contribution in [-0.4, -0.2) is 60.2 Å². The third kappa shape index (κ3) is 5.43. The summed E-state index contributed by atoms with van der Waals surface area (Å²) >= 11 is 6.24. The summed E-state index contributed by atoms with van der Waals surface area (Å²) in [5.41, 5.74) is 1.78. The van der Waals surface area contributed by atoms with E-state index in [0.29, 0.717) is 34.9 Å². The summed E-state index contributed by atoms with van der Waals surface area (Å²) in [5, 5.41) is 15.2. The van der Waals surface area contributed by atoms with Gasteiger partial charge in [-0.25, -0.2) is 9.59 Å². The van der Waals surface area contributed by atoms with Crippen molar-refractivity contribution in [2.24, 2.45) is 0 Å². The Morgan fingerprint density at radius 1 is 1.12 bits per heavy atom. The van der Waals surface area contributed by atoms with Gasteiger partial charge in [-0.15, -0.1) is 0 Å². The van der Waals surface area contributed by atoms with Crippen LogP contribution in [0.15, 0.2) is 72.8 Å². The normalized spacial score (nSPS) is 18.4. The molecule has 3 aromatic rings. The van der Waals surface area contributed by atoms with Gasteiger partial charge in [-0.05, 0) is 48.0 Å². The second-order valence-corrected chi connectivity index (χ2v) is 10.2. The van der Waals surface area contributed by atoms with Crippen LogP contribution in [0.3, 0.4) is 0 Å². The van der Waals surface area contributed by atoms with Crippen LogP contribution in [0.5, 0.6) is 0 Å². The number of carbonyl (C=O) groups is 4. The number of halogens is 1. The van der Waals surface area contributed by atoms with Gasteiger partial charge in [0.1, 0.15) is 6.04 Å². The molecule has 0 unspecified atom stereocenters. The number of nitrogens with zero attached hydrogens (tertiary/aromatic N) is 2. The molecular weight excluding hydrogens is 536 g/mol. The van der Waals surface area contributed by atoms with Crippen LogP contribution in [0.25, 0.3) is 0 Å². The Bertz CT molecular complexity index is 1470. The quantitative estimate of drug-likeness (QED) is 0.406. The van der Waals surface area contributed by atoms with Gasteiger partial charge in [0.25, 0.3) is 5.91 Å². The van der Waals surface area contributed by atoms with E-state index in [1.54, 1.807) is 23.1 Å². The Kier molecular flexibility index (Phi) is 7.36. The molecular formula is C29H27ClN4O6. The van der Waals surface area contributed by atoms with E-state index in [1.807, 2.05) is 30.3 Å². The lowest BCUT2D eigenvalue weighted by atomic mass is 9.90. The smallest absolute Gasteiger partial charge is 0.412 e. The van der Waals surface area contributed by atoms with E-state index in [-0.39, 0.29) is 24.4 Å². The molecule has 1 saturated heterocycles. The predicted molar refractivity (Wildman–Crippen MR) is 149 cm³/mol. The Morgan fingerprint density at radius 2 is 1.85 bits per heavy atom. The summed E-state index contributed by atoms with van der Waals surface area (Å²) in [4.78, 5) is 53.3. The van der Waals surface area contributed by atoms with Gasteiger partial charge in [0, 0.05) is 48.3 Å². The molecule has 5 rings (SSSR count). The second kappa shape index (κ2) is 10.9. The summed E-state index contributed by atoms with van der Waals surface area (Å²) in [6.07, 6.45) is -1.10. The van der Waals surface area contributed by atoms with Crippen LogP contribution in [-0.2, 0) is 21.6 Å². The highest BCUT2D eigenvalue weighted by atomic mass is 35.5. The van der Waals surface area contributed by atoms with Gasteiger partial charge in [-0.3, -0.25) is 19.8 Å². The SMILES string of the molecule is CN(C(=O)O)c1ccc(C(=O)N[C@@H](Cc2ccccc2)C(=O)N2CC[C@@]3(C2)OC(=O)Nc2ccc(Cl)cc23)cc1. The van der Waals surface area contributed by atoms with Gasteiger partial charge in [0.2, 0.25) is 5.91 Å². The Balaban J connectivity index is 1.38. The number of fused-ring (bicyclic) bond motifs is 2. The van der Waals surface area contributed by atoms with Crippen molar-refractivity contribution in [1.82, 2.24) is 10.2 Å². The maximum atomic E-state index is 13.9. The molecule has 3 N–H and O–H groups in total. The number of ether oxygens (including phenoxy) is 1. The van der Waals surface area contributed by atoms with E-state index >= 15 is 0 Å². The van der Waals surface area contributed by atoms with Crippen molar-refractivity contribution >= 4 is 47.0 Å². The standard InChI is InChI=1S/C29H27ClN4O6/c1-33(28(38)39)21-10-7-19(8-11-21)25(35)31-24(15-18-5-3-2-4-6-18)26(36)34-14-13-29(17-34)22-16-20(30)9-12-23(22)32-27(37)40-29/h2-12,16,24H,13-15,17H2,1H3,(H,31,35)(H,32,37)(H,38,39)/t24-,29-/m0/s1. The fourth-order valence-corrected chi connectivity index (χ4v) is 5.27. The van der Waals surface area contributed by atoms with Crippen molar-refractivity contribution < 1.29 is 29.0 Å². The van der Waals surface area contributed by atoms with Crippen LogP contribution < -0.4 is 15.5 Å². The number of likely N-dealkylation sites (tertiary alicyclic amines) is 1. The van der Waals surface area contributed by atoms with E-state index in [0.717, 1.165) is 10.5 Å². The molecule has 11 heteroatoms. The highest BCUT2D eigenvalue weighted by molar-refractivity contribution is 6.30. The molecule has 0 aromatic heterocycles. The molecule has 2 atom stereocenters. The summed E-state index contributed by atoms with van der Waals surface area (Å²) < 4.78 is 5.76. The van der Waals surface area contributed by atoms with Crippen molar-refractivity contribution in [3.63, 3.8) is 0 Å². The molecule has 1 spiro atoms. The van der Waals surface area contributed by atoms with Gasteiger partial charge >= 0.3 is 12.2 Å². The lowest BCUT2D eigenvalue weighted by molar-refractivity contribution is -0.133. The zero-order valence-electron chi connectivity index (χ0n) is 21.6. The van der Waals surface area contributed by atoms with Crippen LogP contribution in [0, 0.1) is 0 Å². The number of carbonyl (C=O) groups excluding carboxylic acids is 3. The third-order valence-electron chi connectivity index (χ3n) is 7.23. The number of carboxylic acid groups (broad SMARTS) is 1. The molecule has 10 nitrogen and oxygen atoms in total. The zero-order valence-corrected chi connectivity index (χ0v) is 22.4. The van der Waals surface area contributed by atoms with Crippen molar-refractivity contribution in [3.8, 4) is 0 Å². The lowest BCUT2D eigenvalue weighted by Crippen LogP contribution is -2.50. The maximum absolute atomic E-state index is 13.9. The second-order valence-electron chi connectivity index (χ2n) is 9.81. The number of nitrogens with one attached hydrogen (secondary N) is 2. The first-order valence-electron chi connectivity index (χ1n) is 12.7. The van der Waals surface area contributed by atoms with Crippen LogP contribution in [0.2, 0.25) is 5.02 Å². The fourth-order valence-electron chi connectivity index (χ4n) is 5.10. The first kappa shape index (κ1) is 27.0. The van der Waals surface area contributed by atoms with Crippen molar-refractivity contribution in [3.05, 3.63) is 94.5 Å². The first-order valence-corrected chi connectivity index (χ1v) is 13.0. The predicted octanol–water partition coefficient (Wildman–Crippen LogP) is 4.49. The number of hydrogen-bond acceptors (Lipinski definition) is 5. The zero-order chi connectivity index (χ0) is 28.4. The monoisotopic (exact) mass is 562 g/mol. The molecule has 4 amide bonds. The largest absolute Gasteiger partial charge is 0.465 e. The van der Waals surface area contributed by atoms with Crippen LogP contribution in [0.1, 0.15) is 27.9 Å². The van der Waals surface area contributed by atoms with Gasteiger partial charge < -0.3 is 20.1 Å². The van der Waals surface area contributed by atoms with Gasteiger partial charge in [0.15, 0.2) is 5.60 Å². The molecule has 1 fully saturated rings. The average Bonchev–Trinajstić information content (AvgIpc) is 3.37. The molecule has 2 aliphatic heterocycles. The molecule has 0 saturated carbocycles. The van der Waals surface area contributed by atoms with Gasteiger partial charge in [-0.2, -0.15) is 0 Å². The minimum absolute atomic E-state index is 0.115. The number of anilines is 2. The summed E-state index contributed by atoms with van der Waals surface area (Å²) in [7, 11) is 1.40. The Hall–Kier alpha value is -4.57. The Morgan fingerprint density at radius 3 is 2.55 bits per heavy atom. The highest BCUT2D eigenvalue weighted by Crippen LogP contribution is 2.43. The van der Waals surface area contributed by atoms with Crippen LogP contribution in [0.4, 0.5) is 21.0 Å². The van der Waals surface area contributed by atoms with Gasteiger partial charge in [-0.1, -0.05) is 41.9 Å². The minimum atomic E-state index is -1.13. The molecule has 0 bridgehead atoms. The van der Waals surface area contributed by atoms with E-state index in [4.69, 9.17) is 16.3 Å². The molecule has 3 aromatic carbocycles. The maximum Gasteiger partial charge on any atom is 0.412 e. The topological polar surface area (TPSA) is 128 Å². The number of benzene rings is 3. The van der Waals surface area contributed by atoms with E-state index in [9.17, 15) is 24.3 Å². The molecule has 206 valence electrons. The Labute approximate surface area is 235 Å². The molecule has 0 radical (unpaired) electrons. The first-order chi connectivity index (χ1) is 19.1.